The van der Waals surface area contributed by atoms with Gasteiger partial charge in [0.15, 0.2) is 0 Å². The molecule has 4 heteroatoms. The molecule has 0 fully saturated rings. The van der Waals surface area contributed by atoms with Crippen molar-refractivity contribution in [3.63, 3.8) is 0 Å². The summed E-state index contributed by atoms with van der Waals surface area (Å²) in [6, 6.07) is 0. The van der Waals surface area contributed by atoms with Crippen molar-refractivity contribution in [2.24, 2.45) is 0 Å². The fraction of sp³-hybridized carbons (Fsp3) is 0. The van der Waals surface area contributed by atoms with Gasteiger partial charge in [-0.1, -0.05) is 0 Å². The van der Waals surface area contributed by atoms with E-state index in [9.17, 15) is 0 Å². The van der Waals surface area contributed by atoms with Crippen LogP contribution in [0.2, 0.25) is 0 Å². The van der Waals surface area contributed by atoms with Gasteiger partial charge in [0.25, 0.3) is 0 Å². The molecule has 0 saturated carbocycles. The molecule has 0 nitrogen and oxygen atoms in total. The van der Waals surface area contributed by atoms with Crippen LogP contribution in [0.5, 0.6) is 0 Å². The van der Waals surface area contributed by atoms with Crippen LogP contribution < -0.4 is 0 Å². The first-order chi connectivity index (χ1) is 0. The van der Waals surface area contributed by atoms with E-state index < -0.39 is 0 Å². The topological polar surface area (TPSA) is 0 Å². The molecule has 0 N–H and O–H groups in total. The van der Waals surface area contributed by atoms with Crippen LogP contribution in [0.4, 0.5) is 0 Å². The molecule has 0 atom stereocenters. The van der Waals surface area contributed by atoms with Gasteiger partial charge in [-0.2, -0.15) is 0 Å². The fourth-order valence-corrected chi connectivity index (χ4v) is 0. The summed E-state index contributed by atoms with van der Waals surface area (Å²) in [7, 11) is 0. The Morgan fingerprint density at radius 1 is 1.00 bits per heavy atom. The van der Waals surface area contributed by atoms with Crippen molar-refractivity contribution in [1.29, 1.82) is 0 Å². The zero-order chi connectivity index (χ0) is 0. The number of rotatable bonds is 0. The van der Waals surface area contributed by atoms with Crippen LogP contribution in [0, 0.1) is 0 Å². The van der Waals surface area contributed by atoms with Crippen LogP contribution in [0.15, 0.2) is 0 Å². The molecule has 0 aromatic rings. The molecule has 0 heterocycles. The van der Waals surface area contributed by atoms with Gasteiger partial charge in [-0.15, -0.1) is 0 Å². The summed E-state index contributed by atoms with van der Waals surface area (Å²) >= 11 is 0. The molecule has 4 heavy (non-hydrogen) atoms. The summed E-state index contributed by atoms with van der Waals surface area (Å²) in [6.07, 6.45) is 0. The van der Waals surface area contributed by atoms with Crippen molar-refractivity contribution in [1.82, 2.24) is 0 Å². The Morgan fingerprint density at radius 2 is 1.00 bits per heavy atom. The number of hydrogen-bond donors (Lipinski definition) is 0. The Bertz CT molecular complexity index is 8.00. The van der Waals surface area contributed by atoms with Crippen LogP contribution in [-0.4, -0.2) is 51.7 Å². The van der Waals surface area contributed by atoms with E-state index in [-0.39, 0.29) is 101 Å². The fourth-order valence-electron chi connectivity index (χ4n) is 0. The molecular weight excluding hydrogens is 638 g/mol. The summed E-state index contributed by atoms with van der Waals surface area (Å²) in [4.78, 5) is 0. The zero-order valence-electron chi connectivity index (χ0n) is 2.42. The van der Waals surface area contributed by atoms with Crippen LogP contribution >= 0.6 is 0 Å². The van der Waals surface area contributed by atoms with Crippen molar-refractivity contribution < 1.29 is 49.7 Å². The second kappa shape index (κ2) is 16.1. The maximum absolute atomic E-state index is 0. The van der Waals surface area contributed by atoms with E-state index in [0.717, 1.165) is 0 Å². The summed E-state index contributed by atoms with van der Waals surface area (Å²) < 4.78 is 0. The third kappa shape index (κ3) is 9.04. The van der Waals surface area contributed by atoms with E-state index in [4.69, 9.17) is 0 Å². The second-order valence-electron chi connectivity index (χ2n) is 0. The molecule has 0 bridgehead atoms. The van der Waals surface area contributed by atoms with E-state index in [1.54, 1.807) is 0 Å². The third-order valence-corrected chi connectivity index (χ3v) is 0. The predicted molar refractivity (Wildman–Crippen MR) is 18.5 cm³/mol. The Hall–Kier alpha value is 3.40. The van der Waals surface area contributed by atoms with Gasteiger partial charge in [0.05, 0.1) is 0 Å². The monoisotopic (exact) mass is 645 g/mol. The number of hydrogen-bond acceptors (Lipinski definition) is 0. The average molecular weight is 643 g/mol. The van der Waals surface area contributed by atoms with Crippen LogP contribution in [0.3, 0.4) is 0 Å². The normalized spacial score (nSPS) is 0. The van der Waals surface area contributed by atoms with Crippen LogP contribution in [0.25, 0.3) is 0 Å². The van der Waals surface area contributed by atoms with Gasteiger partial charge >= 0.3 is 51.7 Å². The van der Waals surface area contributed by atoms with Crippen LogP contribution in [0.1, 0.15) is 0 Å². The van der Waals surface area contributed by atoms with Gasteiger partial charge in [-0.3, -0.25) is 0 Å². The van der Waals surface area contributed by atoms with Gasteiger partial charge in [-0.05, 0) is 0 Å². The molecular formula is H5AuCdPbSb. The minimum atomic E-state index is 0. The molecule has 0 unspecified atom stereocenters. The van der Waals surface area contributed by atoms with E-state index in [1.807, 2.05) is 0 Å². The quantitative estimate of drug-likeness (QED) is 0.266. The summed E-state index contributed by atoms with van der Waals surface area (Å²) in [5.41, 5.74) is 0. The first-order valence-electron chi connectivity index (χ1n) is 0. The van der Waals surface area contributed by atoms with Crippen molar-refractivity contribution >= 4 is 51.7 Å². The standard InChI is InChI=1S/Au.Cd.Pb.Sb.5H. The summed E-state index contributed by atoms with van der Waals surface area (Å²) in [5.74, 6) is 0. The van der Waals surface area contributed by atoms with Gasteiger partial charge < -0.3 is 0 Å². The minimum absolute atomic E-state index is 0. The Kier molecular flexibility index (Phi) is 106. The van der Waals surface area contributed by atoms with Gasteiger partial charge in [0.2, 0.25) is 0 Å². The first kappa shape index (κ1) is 26.2. The van der Waals surface area contributed by atoms with Gasteiger partial charge in [0, 0.05) is 49.7 Å². The van der Waals surface area contributed by atoms with Crippen molar-refractivity contribution in [3.8, 4) is 0 Å². The molecule has 27 valence electrons. The van der Waals surface area contributed by atoms with Crippen molar-refractivity contribution in [2.45, 2.75) is 0 Å². The molecule has 0 aliphatic rings. The SMILES string of the molecule is [Au].[Cd].[PbH2].[SbH3]. The second-order valence-corrected chi connectivity index (χ2v) is 0. The molecule has 0 saturated heterocycles. The third-order valence-electron chi connectivity index (χ3n) is 0. The van der Waals surface area contributed by atoms with Gasteiger partial charge in [0.1, 0.15) is 0 Å². The van der Waals surface area contributed by atoms with Crippen molar-refractivity contribution in [2.75, 3.05) is 0 Å². The zero-order valence-corrected chi connectivity index (χ0v) is 18.2. The molecule has 0 spiro atoms. The maximum atomic E-state index is 0. The molecule has 3 radical (unpaired) electrons. The van der Waals surface area contributed by atoms with E-state index in [1.165, 1.54) is 0 Å². The molecule has 0 aliphatic heterocycles. The Labute approximate surface area is 99.1 Å². The van der Waals surface area contributed by atoms with E-state index >= 15 is 0 Å². The predicted octanol–water partition coefficient (Wildman–Crippen LogP) is -2.11. The molecule has 0 rings (SSSR count). The van der Waals surface area contributed by atoms with E-state index in [0.29, 0.717) is 0 Å². The Balaban J connectivity index is 0. The molecule has 0 aliphatic carbocycles. The Morgan fingerprint density at radius 3 is 1.00 bits per heavy atom. The van der Waals surface area contributed by atoms with Gasteiger partial charge in [-0.25, -0.2) is 0 Å². The molecule has 0 amide bonds. The molecule has 0 aromatic heterocycles. The van der Waals surface area contributed by atoms with Crippen molar-refractivity contribution in [3.05, 3.63) is 0 Å². The van der Waals surface area contributed by atoms with Crippen LogP contribution in [-0.2, 0) is 49.7 Å². The average Bonchev–Trinajstić information content (AvgIpc) is 0. The first-order valence-corrected chi connectivity index (χ1v) is 0. The molecule has 0 aromatic carbocycles. The summed E-state index contributed by atoms with van der Waals surface area (Å²) in [6.45, 7) is 0. The van der Waals surface area contributed by atoms with E-state index in [2.05, 4.69) is 0 Å². The summed E-state index contributed by atoms with van der Waals surface area (Å²) in [5, 5.41) is 0.